The number of fused-ring (bicyclic) bond motifs is 1. The Labute approximate surface area is 163 Å². The van der Waals surface area contributed by atoms with Gasteiger partial charge < -0.3 is 14.9 Å². The number of anilines is 1. The van der Waals surface area contributed by atoms with E-state index in [-0.39, 0.29) is 23.8 Å². The van der Waals surface area contributed by atoms with Gasteiger partial charge in [-0.15, -0.1) is 0 Å². The summed E-state index contributed by atoms with van der Waals surface area (Å²) in [5, 5.41) is 11.5. The van der Waals surface area contributed by atoms with Crippen LogP contribution in [0.2, 0.25) is 0 Å². The van der Waals surface area contributed by atoms with Gasteiger partial charge in [-0.2, -0.15) is 5.26 Å². The molecular weight excluding hydrogens is 358 g/mol. The van der Waals surface area contributed by atoms with Crippen LogP contribution in [0.15, 0.2) is 24.3 Å². The molecule has 0 bridgehead atoms. The SMILES string of the molecule is [C-]#[N+]C1(c2ccc(N3C[C@H](CNC(C)=O)OC3=O)cc2)[C@@H]2CN(CC#N)C[C@@H]21. The minimum absolute atomic E-state index is 0.161. The highest BCUT2D eigenvalue weighted by molar-refractivity contribution is 5.89. The number of nitriles is 1. The van der Waals surface area contributed by atoms with E-state index in [0.29, 0.717) is 19.6 Å². The molecule has 1 saturated carbocycles. The Hall–Kier alpha value is -3.10. The van der Waals surface area contributed by atoms with Gasteiger partial charge in [-0.05, 0) is 24.3 Å². The number of cyclic esters (lactones) is 1. The highest BCUT2D eigenvalue weighted by atomic mass is 16.6. The van der Waals surface area contributed by atoms with E-state index in [1.54, 1.807) is 4.90 Å². The van der Waals surface area contributed by atoms with Crippen molar-refractivity contribution in [2.45, 2.75) is 18.6 Å². The molecule has 4 atom stereocenters. The molecule has 0 radical (unpaired) electrons. The van der Waals surface area contributed by atoms with Gasteiger partial charge in [0.25, 0.3) is 5.54 Å². The Balaban J connectivity index is 1.44. The summed E-state index contributed by atoms with van der Waals surface area (Å²) in [6.07, 6.45) is -0.807. The van der Waals surface area contributed by atoms with Crippen molar-refractivity contribution in [2.75, 3.05) is 37.6 Å². The lowest BCUT2D eigenvalue weighted by Crippen LogP contribution is -2.33. The van der Waals surface area contributed by atoms with Crippen LogP contribution < -0.4 is 10.2 Å². The molecule has 1 aliphatic carbocycles. The van der Waals surface area contributed by atoms with Crippen LogP contribution in [0.3, 0.4) is 0 Å². The number of hydrogen-bond donors (Lipinski definition) is 1. The van der Waals surface area contributed by atoms with Gasteiger partial charge in [0.05, 0.1) is 37.5 Å². The molecule has 0 aromatic heterocycles. The molecule has 3 fully saturated rings. The monoisotopic (exact) mass is 379 g/mol. The fourth-order valence-electron chi connectivity index (χ4n) is 4.58. The minimum Gasteiger partial charge on any atom is -0.442 e. The summed E-state index contributed by atoms with van der Waals surface area (Å²) in [5.41, 5.74) is 1.19. The molecule has 1 aromatic carbocycles. The lowest BCUT2D eigenvalue weighted by molar-refractivity contribution is -0.119. The van der Waals surface area contributed by atoms with E-state index in [2.05, 4.69) is 21.1 Å². The van der Waals surface area contributed by atoms with Crippen LogP contribution in [0.5, 0.6) is 0 Å². The summed E-state index contributed by atoms with van der Waals surface area (Å²) in [6, 6.07) is 9.73. The van der Waals surface area contributed by atoms with Crippen LogP contribution in [-0.2, 0) is 15.1 Å². The number of amides is 2. The second-order valence-corrected chi connectivity index (χ2v) is 7.60. The first-order valence-corrected chi connectivity index (χ1v) is 9.30. The van der Waals surface area contributed by atoms with Gasteiger partial charge in [0.15, 0.2) is 0 Å². The average Bonchev–Trinajstić information content (AvgIpc) is 2.98. The van der Waals surface area contributed by atoms with Crippen molar-refractivity contribution >= 4 is 17.7 Å². The lowest BCUT2D eigenvalue weighted by atomic mass is 9.99. The molecule has 0 spiro atoms. The third-order valence-corrected chi connectivity index (χ3v) is 5.99. The third-order valence-electron chi connectivity index (χ3n) is 5.99. The summed E-state index contributed by atoms with van der Waals surface area (Å²) in [5.74, 6) is 0.373. The number of benzene rings is 1. The third kappa shape index (κ3) is 2.87. The molecule has 8 nitrogen and oxygen atoms in total. The zero-order valence-corrected chi connectivity index (χ0v) is 15.6. The van der Waals surface area contributed by atoms with Crippen LogP contribution in [0.25, 0.3) is 4.85 Å². The molecule has 1 unspecified atom stereocenters. The zero-order chi connectivity index (χ0) is 19.9. The molecule has 1 aromatic rings. The highest BCUT2D eigenvalue weighted by Gasteiger charge is 2.76. The second-order valence-electron chi connectivity index (χ2n) is 7.60. The number of carbonyl (C=O) groups is 2. The predicted octanol–water partition coefficient (Wildman–Crippen LogP) is 1.35. The molecule has 144 valence electrons. The Morgan fingerprint density at radius 2 is 2.04 bits per heavy atom. The summed E-state index contributed by atoms with van der Waals surface area (Å²) < 4.78 is 5.30. The summed E-state index contributed by atoms with van der Waals surface area (Å²) in [7, 11) is 0. The van der Waals surface area contributed by atoms with Crippen molar-refractivity contribution in [3.63, 3.8) is 0 Å². The van der Waals surface area contributed by atoms with E-state index >= 15 is 0 Å². The van der Waals surface area contributed by atoms with Crippen LogP contribution in [0, 0.1) is 29.7 Å². The number of nitrogens with zero attached hydrogens (tertiary/aromatic N) is 4. The Kier molecular flexibility index (Phi) is 4.44. The molecule has 28 heavy (non-hydrogen) atoms. The van der Waals surface area contributed by atoms with Gasteiger partial charge in [-0.3, -0.25) is 14.6 Å². The van der Waals surface area contributed by atoms with Crippen LogP contribution in [-0.4, -0.2) is 55.7 Å². The maximum absolute atomic E-state index is 12.1. The van der Waals surface area contributed by atoms with Crippen molar-refractivity contribution in [1.29, 1.82) is 5.26 Å². The number of hydrogen-bond acceptors (Lipinski definition) is 5. The van der Waals surface area contributed by atoms with Gasteiger partial charge in [-0.25, -0.2) is 11.4 Å². The number of piperidine rings is 1. The first-order valence-electron chi connectivity index (χ1n) is 9.30. The van der Waals surface area contributed by atoms with Gasteiger partial charge in [0.2, 0.25) is 5.91 Å². The molecule has 3 aliphatic rings. The van der Waals surface area contributed by atoms with Crippen molar-refractivity contribution in [2.24, 2.45) is 11.8 Å². The lowest BCUT2D eigenvalue weighted by Gasteiger charge is -2.19. The minimum atomic E-state index is -0.496. The molecule has 2 aliphatic heterocycles. The molecule has 2 saturated heterocycles. The fourth-order valence-corrected chi connectivity index (χ4v) is 4.58. The topological polar surface area (TPSA) is 90.0 Å². The highest BCUT2D eigenvalue weighted by Crippen LogP contribution is 2.64. The standard InChI is InChI=1S/C20H21N5O3/c1-13(26)23-9-16-10-25(19(27)28-16)15-5-3-14(4-6-15)20(22-2)17-11-24(8-7-21)12-18(17)20/h3-6,16-18H,8-12H2,1H3,(H,23,26)/t16-,17-,18+,20?/m0/s1. The number of nitrogens with one attached hydrogen (secondary N) is 1. The number of carbonyl (C=O) groups excluding carboxylic acids is 2. The van der Waals surface area contributed by atoms with Gasteiger partial charge in [0.1, 0.15) is 6.10 Å². The Morgan fingerprint density at radius 3 is 2.61 bits per heavy atom. The summed E-state index contributed by atoms with van der Waals surface area (Å²) in [6.45, 7) is 11.8. The van der Waals surface area contributed by atoms with Gasteiger partial charge >= 0.3 is 6.09 Å². The maximum Gasteiger partial charge on any atom is 0.414 e. The normalized spacial score (nSPS) is 30.9. The van der Waals surface area contributed by atoms with Crippen LogP contribution in [0.1, 0.15) is 12.5 Å². The number of ether oxygens (including phenoxy) is 1. The van der Waals surface area contributed by atoms with E-state index in [9.17, 15) is 9.59 Å². The van der Waals surface area contributed by atoms with Crippen LogP contribution >= 0.6 is 0 Å². The smallest absolute Gasteiger partial charge is 0.414 e. The van der Waals surface area contributed by atoms with Gasteiger partial charge in [-0.1, -0.05) is 0 Å². The van der Waals surface area contributed by atoms with Crippen molar-refractivity contribution in [3.8, 4) is 6.07 Å². The molecular formula is C20H21N5O3. The van der Waals surface area contributed by atoms with E-state index in [1.165, 1.54) is 6.92 Å². The van der Waals surface area contributed by atoms with Gasteiger partial charge in [0, 0.05) is 31.3 Å². The average molecular weight is 379 g/mol. The van der Waals surface area contributed by atoms with Crippen molar-refractivity contribution in [3.05, 3.63) is 41.2 Å². The molecule has 8 heteroatoms. The van der Waals surface area contributed by atoms with E-state index in [1.807, 2.05) is 24.3 Å². The van der Waals surface area contributed by atoms with E-state index in [4.69, 9.17) is 16.6 Å². The Morgan fingerprint density at radius 1 is 1.36 bits per heavy atom. The van der Waals surface area contributed by atoms with Crippen molar-refractivity contribution in [1.82, 2.24) is 10.2 Å². The number of likely N-dealkylation sites (tertiary alicyclic amines) is 1. The molecule has 2 heterocycles. The molecule has 1 N–H and O–H groups in total. The zero-order valence-electron chi connectivity index (χ0n) is 15.6. The Bertz CT molecular complexity index is 873. The largest absolute Gasteiger partial charge is 0.442 e. The fraction of sp³-hybridized carbons (Fsp3) is 0.500. The second kappa shape index (κ2) is 6.81. The maximum atomic E-state index is 12.1. The van der Waals surface area contributed by atoms with Crippen LogP contribution in [0.4, 0.5) is 10.5 Å². The quantitative estimate of drug-likeness (QED) is 0.616. The summed E-state index contributed by atoms with van der Waals surface area (Å²) in [4.78, 5) is 30.8. The van der Waals surface area contributed by atoms with E-state index < -0.39 is 11.6 Å². The van der Waals surface area contributed by atoms with E-state index in [0.717, 1.165) is 24.3 Å². The van der Waals surface area contributed by atoms with Crippen molar-refractivity contribution < 1.29 is 14.3 Å². The molecule has 2 amide bonds. The number of rotatable bonds is 5. The predicted molar refractivity (Wildman–Crippen MR) is 100 cm³/mol. The first kappa shape index (κ1) is 18.3. The first-order chi connectivity index (χ1) is 13.5. The summed E-state index contributed by atoms with van der Waals surface area (Å²) >= 11 is 0. The molecule has 4 rings (SSSR count).